The Morgan fingerprint density at radius 3 is 3.00 bits per heavy atom. The molecule has 4 heteroatoms. The predicted octanol–water partition coefficient (Wildman–Crippen LogP) is 3.33. The van der Waals surface area contributed by atoms with Crippen LogP contribution in [0.3, 0.4) is 0 Å². The highest BCUT2D eigenvalue weighted by Crippen LogP contribution is 2.18. The Hall–Kier alpha value is -0.740. The van der Waals surface area contributed by atoms with Crippen molar-refractivity contribution in [2.75, 3.05) is 6.54 Å². The summed E-state index contributed by atoms with van der Waals surface area (Å²) in [5.74, 6) is 0. The Bertz CT molecular complexity index is 272. The van der Waals surface area contributed by atoms with E-state index in [2.05, 4.69) is 27.6 Å². The molecular weight excluding hydrogens is 218 g/mol. The van der Waals surface area contributed by atoms with Crippen LogP contribution in [-0.4, -0.2) is 15.3 Å². The summed E-state index contributed by atoms with van der Waals surface area (Å²) in [6.07, 6.45) is 9.90. The van der Waals surface area contributed by atoms with Crippen molar-refractivity contribution < 1.29 is 0 Å². The minimum absolute atomic E-state index is 0.382. The van der Waals surface area contributed by atoms with E-state index in [0.717, 1.165) is 25.1 Å². The van der Waals surface area contributed by atoms with E-state index >= 15 is 0 Å². The lowest BCUT2D eigenvalue weighted by Crippen LogP contribution is -2.21. The van der Waals surface area contributed by atoms with Gasteiger partial charge in [-0.15, -0.1) is 6.58 Å². The molecule has 1 aromatic heterocycles. The van der Waals surface area contributed by atoms with Crippen LogP contribution in [0.1, 0.15) is 50.8 Å². The fourth-order valence-electron chi connectivity index (χ4n) is 1.74. The second kappa shape index (κ2) is 8.42. The Kier molecular flexibility index (Phi) is 7.01. The third kappa shape index (κ3) is 4.86. The largest absolute Gasteiger partial charge is 0.309 e. The lowest BCUT2D eigenvalue weighted by atomic mass is 10.0. The molecule has 0 saturated carbocycles. The summed E-state index contributed by atoms with van der Waals surface area (Å²) in [5.41, 5.74) is 1.09. The van der Waals surface area contributed by atoms with Crippen LogP contribution in [0.2, 0.25) is 0 Å². The lowest BCUT2D eigenvalue weighted by molar-refractivity contribution is 0.477. The lowest BCUT2D eigenvalue weighted by Gasteiger charge is -2.14. The summed E-state index contributed by atoms with van der Waals surface area (Å²) in [4.78, 5) is 0. The summed E-state index contributed by atoms with van der Waals surface area (Å²) in [6.45, 7) is 6.84. The predicted molar refractivity (Wildman–Crippen MR) is 69.6 cm³/mol. The summed E-state index contributed by atoms with van der Waals surface area (Å²) >= 11 is 1.29. The van der Waals surface area contributed by atoms with Crippen LogP contribution >= 0.6 is 11.7 Å². The zero-order chi connectivity index (χ0) is 11.6. The molecule has 1 aromatic rings. The van der Waals surface area contributed by atoms with Crippen molar-refractivity contribution in [1.82, 2.24) is 14.1 Å². The molecule has 0 saturated heterocycles. The third-order valence-electron chi connectivity index (χ3n) is 2.59. The van der Waals surface area contributed by atoms with Crippen molar-refractivity contribution in [3.05, 3.63) is 24.5 Å². The molecule has 0 spiro atoms. The summed E-state index contributed by atoms with van der Waals surface area (Å²) in [6, 6.07) is 0.382. The second-order valence-corrected chi connectivity index (χ2v) is 4.43. The molecule has 1 heterocycles. The minimum atomic E-state index is 0.382. The molecule has 1 rings (SSSR count). The fourth-order valence-corrected chi connectivity index (χ4v) is 2.21. The monoisotopic (exact) mass is 239 g/mol. The standard InChI is InChI=1S/C12H21N3S/c1-3-5-6-7-8-9-11(13-4-2)12-10-14-16-15-12/h3,10-11,13H,1,4-9H2,2H3. The van der Waals surface area contributed by atoms with Gasteiger partial charge >= 0.3 is 0 Å². The zero-order valence-corrected chi connectivity index (χ0v) is 10.8. The third-order valence-corrected chi connectivity index (χ3v) is 3.08. The number of aromatic nitrogens is 2. The highest BCUT2D eigenvalue weighted by Gasteiger charge is 2.12. The maximum Gasteiger partial charge on any atom is 0.0912 e. The van der Waals surface area contributed by atoms with Crippen molar-refractivity contribution in [3.8, 4) is 0 Å². The Labute approximate surface area is 102 Å². The van der Waals surface area contributed by atoms with Crippen LogP contribution in [0.15, 0.2) is 18.9 Å². The van der Waals surface area contributed by atoms with Gasteiger partial charge in [-0.2, -0.15) is 8.75 Å². The number of unbranched alkanes of at least 4 members (excludes halogenated alkanes) is 3. The van der Waals surface area contributed by atoms with E-state index in [4.69, 9.17) is 0 Å². The molecule has 0 aliphatic heterocycles. The van der Waals surface area contributed by atoms with Crippen molar-refractivity contribution in [3.63, 3.8) is 0 Å². The molecule has 0 aliphatic rings. The summed E-state index contributed by atoms with van der Waals surface area (Å²) < 4.78 is 8.36. The molecule has 1 N–H and O–H groups in total. The van der Waals surface area contributed by atoms with Gasteiger partial charge < -0.3 is 5.32 Å². The van der Waals surface area contributed by atoms with Crippen molar-refractivity contribution >= 4 is 11.7 Å². The molecule has 3 nitrogen and oxygen atoms in total. The average molecular weight is 239 g/mol. The Morgan fingerprint density at radius 1 is 1.50 bits per heavy atom. The van der Waals surface area contributed by atoms with Gasteiger partial charge in [0.15, 0.2) is 0 Å². The van der Waals surface area contributed by atoms with Gasteiger partial charge in [0.1, 0.15) is 0 Å². The van der Waals surface area contributed by atoms with Gasteiger partial charge in [-0.3, -0.25) is 0 Å². The highest BCUT2D eigenvalue weighted by molar-refractivity contribution is 6.99. The van der Waals surface area contributed by atoms with E-state index in [1.54, 1.807) is 0 Å². The first-order chi connectivity index (χ1) is 7.88. The molecule has 0 aromatic carbocycles. The van der Waals surface area contributed by atoms with Gasteiger partial charge in [0.05, 0.1) is 29.7 Å². The maximum atomic E-state index is 4.30. The van der Waals surface area contributed by atoms with Crippen LogP contribution in [0.5, 0.6) is 0 Å². The van der Waals surface area contributed by atoms with Crippen LogP contribution in [0, 0.1) is 0 Å². The van der Waals surface area contributed by atoms with Crippen molar-refractivity contribution in [2.45, 2.75) is 45.1 Å². The SMILES string of the molecule is C=CCCCCCC(NCC)c1cnsn1. The number of allylic oxidation sites excluding steroid dienone is 1. The van der Waals surface area contributed by atoms with Crippen LogP contribution in [0.4, 0.5) is 0 Å². The number of hydrogen-bond acceptors (Lipinski definition) is 4. The van der Waals surface area contributed by atoms with E-state index in [1.165, 1.54) is 31.0 Å². The quantitative estimate of drug-likeness (QED) is 0.530. The smallest absolute Gasteiger partial charge is 0.0912 e. The number of nitrogens with one attached hydrogen (secondary N) is 1. The molecular formula is C12H21N3S. The van der Waals surface area contributed by atoms with E-state index in [0.29, 0.717) is 6.04 Å². The van der Waals surface area contributed by atoms with Crippen LogP contribution in [0.25, 0.3) is 0 Å². The fraction of sp³-hybridized carbons (Fsp3) is 0.667. The van der Waals surface area contributed by atoms with E-state index in [-0.39, 0.29) is 0 Å². The maximum absolute atomic E-state index is 4.30. The highest BCUT2D eigenvalue weighted by atomic mass is 32.1. The molecule has 0 bridgehead atoms. The molecule has 16 heavy (non-hydrogen) atoms. The first kappa shape index (κ1) is 13.3. The second-order valence-electron chi connectivity index (χ2n) is 3.87. The first-order valence-corrected chi connectivity index (χ1v) is 6.73. The normalized spacial score (nSPS) is 12.6. The average Bonchev–Trinajstić information content (AvgIpc) is 2.81. The van der Waals surface area contributed by atoms with Gasteiger partial charge in [-0.25, -0.2) is 0 Å². The zero-order valence-electron chi connectivity index (χ0n) is 9.98. The van der Waals surface area contributed by atoms with E-state index in [1.807, 2.05) is 12.3 Å². The van der Waals surface area contributed by atoms with Gasteiger partial charge in [0, 0.05) is 0 Å². The number of rotatable bonds is 9. The van der Waals surface area contributed by atoms with Gasteiger partial charge in [0.2, 0.25) is 0 Å². The van der Waals surface area contributed by atoms with Crippen LogP contribution < -0.4 is 5.32 Å². The number of nitrogens with zero attached hydrogens (tertiary/aromatic N) is 2. The van der Waals surface area contributed by atoms with Crippen LogP contribution in [-0.2, 0) is 0 Å². The van der Waals surface area contributed by atoms with E-state index in [9.17, 15) is 0 Å². The molecule has 0 fully saturated rings. The molecule has 0 radical (unpaired) electrons. The van der Waals surface area contributed by atoms with Gasteiger partial charge in [-0.05, 0) is 25.8 Å². The number of hydrogen-bond donors (Lipinski definition) is 1. The first-order valence-electron chi connectivity index (χ1n) is 6.00. The van der Waals surface area contributed by atoms with Gasteiger partial charge in [-0.1, -0.05) is 25.8 Å². The molecule has 0 aliphatic carbocycles. The summed E-state index contributed by atoms with van der Waals surface area (Å²) in [7, 11) is 0. The molecule has 0 amide bonds. The van der Waals surface area contributed by atoms with Gasteiger partial charge in [0.25, 0.3) is 0 Å². The topological polar surface area (TPSA) is 37.8 Å². The summed E-state index contributed by atoms with van der Waals surface area (Å²) in [5, 5.41) is 3.46. The van der Waals surface area contributed by atoms with Crippen molar-refractivity contribution in [1.29, 1.82) is 0 Å². The van der Waals surface area contributed by atoms with E-state index < -0.39 is 0 Å². The molecule has 1 atom stereocenters. The molecule has 90 valence electrons. The Balaban J connectivity index is 2.26. The molecule has 1 unspecified atom stereocenters. The minimum Gasteiger partial charge on any atom is -0.309 e. The van der Waals surface area contributed by atoms with Crippen molar-refractivity contribution in [2.24, 2.45) is 0 Å². The Morgan fingerprint density at radius 2 is 2.38 bits per heavy atom.